The summed E-state index contributed by atoms with van der Waals surface area (Å²) in [6.07, 6.45) is 0. The predicted octanol–water partition coefficient (Wildman–Crippen LogP) is 1.63. The summed E-state index contributed by atoms with van der Waals surface area (Å²) in [5, 5.41) is 0. The van der Waals surface area contributed by atoms with Crippen LogP contribution in [0.15, 0.2) is 38.3 Å². The van der Waals surface area contributed by atoms with E-state index in [0.29, 0.717) is 11.3 Å². The molecule has 2 aromatic rings. The number of rotatable bonds is 1. The van der Waals surface area contributed by atoms with Crippen molar-refractivity contribution >= 4 is 15.9 Å². The second-order valence-corrected chi connectivity index (χ2v) is 3.98. The Labute approximate surface area is 97.3 Å². The van der Waals surface area contributed by atoms with Gasteiger partial charge in [-0.2, -0.15) is 0 Å². The molecule has 1 aromatic carbocycles. The van der Waals surface area contributed by atoms with Crippen LogP contribution in [0.4, 0.5) is 4.39 Å². The second kappa shape index (κ2) is 4.05. The van der Waals surface area contributed by atoms with Crippen LogP contribution in [0, 0.1) is 5.82 Å². The molecular weight excluding hydrogens is 279 g/mol. The number of H-pyrrole nitrogens is 2. The summed E-state index contributed by atoms with van der Waals surface area (Å²) in [7, 11) is 0. The van der Waals surface area contributed by atoms with Crippen molar-refractivity contribution in [1.29, 1.82) is 0 Å². The van der Waals surface area contributed by atoms with Gasteiger partial charge in [0.1, 0.15) is 5.82 Å². The third-order valence-corrected chi connectivity index (χ3v) is 2.60. The highest BCUT2D eigenvalue weighted by molar-refractivity contribution is 9.10. The van der Waals surface area contributed by atoms with Crippen molar-refractivity contribution in [3.8, 4) is 11.3 Å². The number of hydrogen-bond acceptors (Lipinski definition) is 2. The number of hydrogen-bond donors (Lipinski definition) is 2. The molecule has 0 unspecified atom stereocenters. The van der Waals surface area contributed by atoms with Crippen molar-refractivity contribution in [3.63, 3.8) is 0 Å². The molecule has 0 saturated carbocycles. The van der Waals surface area contributed by atoms with E-state index in [2.05, 4.69) is 25.9 Å². The first-order valence-electron chi connectivity index (χ1n) is 4.35. The topological polar surface area (TPSA) is 65.7 Å². The quantitative estimate of drug-likeness (QED) is 0.836. The summed E-state index contributed by atoms with van der Waals surface area (Å²) in [5.41, 5.74) is -0.201. The van der Waals surface area contributed by atoms with Crippen LogP contribution in [0.1, 0.15) is 0 Å². The first-order valence-corrected chi connectivity index (χ1v) is 5.14. The van der Waals surface area contributed by atoms with Gasteiger partial charge in [-0.25, -0.2) is 9.18 Å². The number of halogens is 2. The van der Waals surface area contributed by atoms with E-state index < -0.39 is 17.1 Å². The Kier molecular flexibility index (Phi) is 2.74. The maximum atomic E-state index is 13.0. The smallest absolute Gasteiger partial charge is 0.307 e. The zero-order chi connectivity index (χ0) is 11.7. The first kappa shape index (κ1) is 10.8. The average molecular weight is 285 g/mol. The summed E-state index contributed by atoms with van der Waals surface area (Å²) in [4.78, 5) is 26.6. The Morgan fingerprint density at radius 2 is 1.88 bits per heavy atom. The maximum Gasteiger partial charge on any atom is 0.326 e. The standard InChI is InChI=1S/C10H6BrFN2O2/c11-6-3-5(1-2-7(6)12)8-4-9(15)14-10(16)13-8/h1-4H,(H2,13,14,15,16). The number of nitrogens with one attached hydrogen (secondary N) is 2. The van der Waals surface area contributed by atoms with E-state index >= 15 is 0 Å². The summed E-state index contributed by atoms with van der Waals surface area (Å²) in [5.74, 6) is -0.407. The molecule has 0 aliphatic rings. The minimum absolute atomic E-state index is 0.270. The van der Waals surface area contributed by atoms with Crippen LogP contribution < -0.4 is 11.2 Å². The fourth-order valence-corrected chi connectivity index (χ4v) is 1.67. The molecule has 4 nitrogen and oxygen atoms in total. The zero-order valence-corrected chi connectivity index (χ0v) is 9.47. The predicted molar refractivity (Wildman–Crippen MR) is 60.8 cm³/mol. The monoisotopic (exact) mass is 284 g/mol. The van der Waals surface area contributed by atoms with Gasteiger partial charge in [0.15, 0.2) is 0 Å². The number of aromatic amines is 2. The van der Waals surface area contributed by atoms with Gasteiger partial charge in [-0.15, -0.1) is 0 Å². The zero-order valence-electron chi connectivity index (χ0n) is 7.88. The van der Waals surface area contributed by atoms with Gasteiger partial charge in [0.25, 0.3) is 5.56 Å². The molecule has 2 rings (SSSR count). The van der Waals surface area contributed by atoms with E-state index in [1.807, 2.05) is 0 Å². The molecule has 0 fully saturated rings. The second-order valence-electron chi connectivity index (χ2n) is 3.13. The molecule has 0 saturated heterocycles. The van der Waals surface area contributed by atoms with Crippen molar-refractivity contribution in [2.24, 2.45) is 0 Å². The molecule has 0 spiro atoms. The van der Waals surface area contributed by atoms with Crippen molar-refractivity contribution in [3.05, 3.63) is 55.4 Å². The first-order chi connectivity index (χ1) is 7.56. The van der Waals surface area contributed by atoms with E-state index in [1.165, 1.54) is 24.3 Å². The number of aromatic nitrogens is 2. The molecule has 1 heterocycles. The highest BCUT2D eigenvalue weighted by Gasteiger charge is 2.04. The lowest BCUT2D eigenvalue weighted by molar-refractivity contribution is 0.621. The van der Waals surface area contributed by atoms with E-state index in [1.54, 1.807) is 0 Å². The summed E-state index contributed by atoms with van der Waals surface area (Å²) in [6, 6.07) is 5.45. The van der Waals surface area contributed by atoms with Gasteiger partial charge in [0.2, 0.25) is 0 Å². The summed E-state index contributed by atoms with van der Waals surface area (Å²) in [6.45, 7) is 0. The lowest BCUT2D eigenvalue weighted by Gasteiger charge is -2.01. The van der Waals surface area contributed by atoms with E-state index in [9.17, 15) is 14.0 Å². The van der Waals surface area contributed by atoms with E-state index in [4.69, 9.17) is 0 Å². The van der Waals surface area contributed by atoms with Crippen molar-refractivity contribution in [2.75, 3.05) is 0 Å². The van der Waals surface area contributed by atoms with Gasteiger partial charge in [0, 0.05) is 6.07 Å². The molecular formula is C10H6BrFN2O2. The SMILES string of the molecule is O=c1cc(-c2ccc(F)c(Br)c2)[nH]c(=O)[nH]1. The minimum Gasteiger partial charge on any atom is -0.307 e. The molecule has 2 N–H and O–H groups in total. The lowest BCUT2D eigenvalue weighted by atomic mass is 10.1. The molecule has 0 atom stereocenters. The fourth-order valence-electron chi connectivity index (χ4n) is 1.29. The Hall–Kier alpha value is -1.69. The summed E-state index contributed by atoms with van der Waals surface area (Å²) >= 11 is 3.03. The van der Waals surface area contributed by atoms with Crippen LogP contribution in [-0.2, 0) is 0 Å². The van der Waals surface area contributed by atoms with Gasteiger partial charge in [-0.05, 0) is 39.7 Å². The van der Waals surface area contributed by atoms with Crippen LogP contribution in [0.25, 0.3) is 11.3 Å². The number of benzene rings is 1. The molecule has 82 valence electrons. The highest BCUT2D eigenvalue weighted by atomic mass is 79.9. The molecule has 16 heavy (non-hydrogen) atoms. The Balaban J connectivity index is 2.63. The van der Waals surface area contributed by atoms with Crippen molar-refractivity contribution in [1.82, 2.24) is 9.97 Å². The van der Waals surface area contributed by atoms with Gasteiger partial charge >= 0.3 is 5.69 Å². The fraction of sp³-hybridized carbons (Fsp3) is 0. The van der Waals surface area contributed by atoms with Crippen LogP contribution >= 0.6 is 15.9 Å². The molecule has 0 aliphatic heterocycles. The van der Waals surface area contributed by atoms with Gasteiger partial charge in [-0.1, -0.05) is 0 Å². The van der Waals surface area contributed by atoms with Gasteiger partial charge in [0.05, 0.1) is 10.2 Å². The van der Waals surface area contributed by atoms with Crippen LogP contribution in [-0.4, -0.2) is 9.97 Å². The van der Waals surface area contributed by atoms with Gasteiger partial charge < -0.3 is 4.98 Å². The third-order valence-electron chi connectivity index (χ3n) is 1.99. The van der Waals surface area contributed by atoms with Crippen molar-refractivity contribution in [2.45, 2.75) is 0 Å². The minimum atomic E-state index is -0.594. The largest absolute Gasteiger partial charge is 0.326 e. The molecule has 0 bridgehead atoms. The highest BCUT2D eigenvalue weighted by Crippen LogP contribution is 2.22. The lowest BCUT2D eigenvalue weighted by Crippen LogP contribution is -2.21. The normalized spacial score (nSPS) is 10.4. The molecule has 0 amide bonds. The van der Waals surface area contributed by atoms with Gasteiger partial charge in [-0.3, -0.25) is 9.78 Å². The molecule has 1 aromatic heterocycles. The van der Waals surface area contributed by atoms with Crippen molar-refractivity contribution < 1.29 is 4.39 Å². The Morgan fingerprint density at radius 1 is 1.12 bits per heavy atom. The van der Waals surface area contributed by atoms with E-state index in [0.717, 1.165) is 0 Å². The molecule has 0 radical (unpaired) electrons. The maximum absolute atomic E-state index is 13.0. The Morgan fingerprint density at radius 3 is 2.50 bits per heavy atom. The van der Waals surface area contributed by atoms with Crippen LogP contribution in [0.3, 0.4) is 0 Å². The Bertz CT molecular complexity index is 620. The summed E-state index contributed by atoms with van der Waals surface area (Å²) < 4.78 is 13.3. The third kappa shape index (κ3) is 2.11. The van der Waals surface area contributed by atoms with Crippen LogP contribution in [0.2, 0.25) is 0 Å². The molecule has 6 heteroatoms. The average Bonchev–Trinajstić information content (AvgIpc) is 2.20. The van der Waals surface area contributed by atoms with E-state index in [-0.39, 0.29) is 4.47 Å². The van der Waals surface area contributed by atoms with Crippen LogP contribution in [0.5, 0.6) is 0 Å². The molecule has 0 aliphatic carbocycles.